The van der Waals surface area contributed by atoms with Crippen LogP contribution in [0.5, 0.6) is 0 Å². The number of amides is 1. The van der Waals surface area contributed by atoms with Crippen LogP contribution >= 0.6 is 23.4 Å². The van der Waals surface area contributed by atoms with Gasteiger partial charge in [0.1, 0.15) is 0 Å². The van der Waals surface area contributed by atoms with Crippen molar-refractivity contribution >= 4 is 40.5 Å². The lowest BCUT2D eigenvalue weighted by atomic mass is 10.2. The van der Waals surface area contributed by atoms with Gasteiger partial charge >= 0.3 is 0 Å². The Kier molecular flexibility index (Phi) is 6.30. The standard InChI is InChI=1S/C23H28ClN3OS/c1-13(2)25-23-26(14(3)4)22(28)21(29-23)11-18-10-16(6)27(17(18)7)20-12-19(24)9-8-15(20)5/h8-14H,1-7H3/b21-11+,25-23?. The SMILES string of the molecule is Cc1ccc(Cl)cc1-n1c(C)cc(/C=C2/SC(=NC(C)C)N(C(C)C)C2=O)c1C. The van der Waals surface area contributed by atoms with Crippen molar-refractivity contribution in [3.05, 3.63) is 56.7 Å². The highest BCUT2D eigenvalue weighted by Gasteiger charge is 2.35. The highest BCUT2D eigenvalue weighted by molar-refractivity contribution is 8.18. The molecule has 0 atom stereocenters. The second-order valence-corrected chi connectivity index (χ2v) is 9.42. The van der Waals surface area contributed by atoms with Crippen LogP contribution in [0.15, 0.2) is 34.2 Å². The third-order valence-corrected chi connectivity index (χ3v) is 6.12. The molecule has 0 N–H and O–H groups in total. The van der Waals surface area contributed by atoms with Crippen molar-refractivity contribution in [2.75, 3.05) is 0 Å². The quantitative estimate of drug-likeness (QED) is 0.547. The van der Waals surface area contributed by atoms with E-state index in [0.717, 1.165) is 33.4 Å². The van der Waals surface area contributed by atoms with Crippen LogP contribution < -0.4 is 0 Å². The number of rotatable bonds is 4. The first-order valence-corrected chi connectivity index (χ1v) is 11.1. The van der Waals surface area contributed by atoms with E-state index in [1.807, 2.05) is 52.0 Å². The first kappa shape index (κ1) is 21.7. The van der Waals surface area contributed by atoms with E-state index in [-0.39, 0.29) is 18.0 Å². The molecule has 29 heavy (non-hydrogen) atoms. The molecule has 1 aromatic carbocycles. The summed E-state index contributed by atoms with van der Waals surface area (Å²) in [4.78, 5) is 20.2. The zero-order valence-corrected chi connectivity index (χ0v) is 19.6. The average Bonchev–Trinajstić information content (AvgIpc) is 3.06. The van der Waals surface area contributed by atoms with Crippen LogP contribution in [0.3, 0.4) is 0 Å². The molecule has 0 aliphatic carbocycles. The Morgan fingerprint density at radius 2 is 1.79 bits per heavy atom. The molecule has 4 nitrogen and oxygen atoms in total. The summed E-state index contributed by atoms with van der Waals surface area (Å²) in [6, 6.07) is 8.24. The largest absolute Gasteiger partial charge is 0.318 e. The molecule has 0 saturated carbocycles. The monoisotopic (exact) mass is 429 g/mol. The minimum absolute atomic E-state index is 0.0214. The maximum atomic E-state index is 13.0. The molecule has 1 aliphatic rings. The Labute approximate surface area is 182 Å². The molecule has 2 heterocycles. The first-order chi connectivity index (χ1) is 13.6. The molecule has 1 fully saturated rings. The fourth-order valence-electron chi connectivity index (χ4n) is 3.52. The third kappa shape index (κ3) is 4.31. The summed E-state index contributed by atoms with van der Waals surface area (Å²) in [7, 11) is 0. The number of amidine groups is 1. The number of nitrogens with zero attached hydrogens (tertiary/aromatic N) is 3. The molecule has 154 valence electrons. The maximum Gasteiger partial charge on any atom is 0.266 e. The smallest absolute Gasteiger partial charge is 0.266 e. The predicted molar refractivity (Wildman–Crippen MR) is 125 cm³/mol. The molecule has 1 aromatic heterocycles. The summed E-state index contributed by atoms with van der Waals surface area (Å²) < 4.78 is 2.20. The molecule has 1 aliphatic heterocycles. The second-order valence-electron chi connectivity index (χ2n) is 7.98. The van der Waals surface area contributed by atoms with E-state index in [0.29, 0.717) is 9.93 Å². The van der Waals surface area contributed by atoms with Crippen LogP contribution in [-0.4, -0.2) is 32.6 Å². The molecule has 2 aromatic rings. The molecule has 6 heteroatoms. The van der Waals surface area contributed by atoms with E-state index in [1.54, 1.807) is 4.90 Å². The topological polar surface area (TPSA) is 37.6 Å². The van der Waals surface area contributed by atoms with Gasteiger partial charge in [-0.1, -0.05) is 17.7 Å². The molecule has 0 unspecified atom stereocenters. The first-order valence-electron chi connectivity index (χ1n) is 9.86. The van der Waals surface area contributed by atoms with E-state index in [1.165, 1.54) is 11.8 Å². The normalized spacial score (nSPS) is 17.6. The van der Waals surface area contributed by atoms with Gasteiger partial charge in [-0.15, -0.1) is 0 Å². The summed E-state index contributed by atoms with van der Waals surface area (Å²) in [5.41, 5.74) is 5.44. The van der Waals surface area contributed by atoms with Gasteiger partial charge in [0.25, 0.3) is 5.91 Å². The Balaban J connectivity index is 2.06. The van der Waals surface area contributed by atoms with Crippen molar-refractivity contribution in [1.82, 2.24) is 9.47 Å². The summed E-state index contributed by atoms with van der Waals surface area (Å²) in [6.07, 6.45) is 1.99. The third-order valence-electron chi connectivity index (χ3n) is 4.89. The highest BCUT2D eigenvalue weighted by atomic mass is 35.5. The Morgan fingerprint density at radius 3 is 2.41 bits per heavy atom. The second kappa shape index (κ2) is 8.41. The van der Waals surface area contributed by atoms with Crippen molar-refractivity contribution in [2.45, 2.75) is 60.5 Å². The van der Waals surface area contributed by atoms with Gasteiger partial charge < -0.3 is 4.57 Å². The number of hydrogen-bond acceptors (Lipinski definition) is 3. The number of aromatic nitrogens is 1. The van der Waals surface area contributed by atoms with Gasteiger partial charge in [0.15, 0.2) is 5.17 Å². The zero-order chi connectivity index (χ0) is 21.5. The van der Waals surface area contributed by atoms with Crippen molar-refractivity contribution in [2.24, 2.45) is 4.99 Å². The molecule has 0 spiro atoms. The van der Waals surface area contributed by atoms with E-state index in [9.17, 15) is 4.79 Å². The lowest BCUT2D eigenvalue weighted by Crippen LogP contribution is -2.35. The van der Waals surface area contributed by atoms with Crippen molar-refractivity contribution in [3.63, 3.8) is 0 Å². The predicted octanol–water partition coefficient (Wildman–Crippen LogP) is 6.15. The molecule has 1 amide bonds. The number of carbonyl (C=O) groups is 1. The van der Waals surface area contributed by atoms with Crippen LogP contribution in [0.4, 0.5) is 0 Å². The van der Waals surface area contributed by atoms with Crippen molar-refractivity contribution < 1.29 is 4.79 Å². The Hall–Kier alpha value is -1.98. The van der Waals surface area contributed by atoms with E-state index in [2.05, 4.69) is 36.4 Å². The van der Waals surface area contributed by atoms with Crippen LogP contribution in [0.1, 0.15) is 50.2 Å². The maximum absolute atomic E-state index is 13.0. The minimum Gasteiger partial charge on any atom is -0.318 e. The molecule has 0 bridgehead atoms. The van der Waals surface area contributed by atoms with Gasteiger partial charge in [-0.05, 0) is 95.6 Å². The van der Waals surface area contributed by atoms with Gasteiger partial charge in [0.2, 0.25) is 0 Å². The number of aryl methyl sites for hydroxylation is 2. The number of benzene rings is 1. The highest BCUT2D eigenvalue weighted by Crippen LogP contribution is 2.35. The van der Waals surface area contributed by atoms with Gasteiger partial charge in [-0.2, -0.15) is 0 Å². The average molecular weight is 430 g/mol. The lowest BCUT2D eigenvalue weighted by Gasteiger charge is -2.20. The van der Waals surface area contributed by atoms with Gasteiger partial charge in [-0.25, -0.2) is 0 Å². The summed E-state index contributed by atoms with van der Waals surface area (Å²) in [5.74, 6) is 0.0214. The number of halogens is 1. The lowest BCUT2D eigenvalue weighted by molar-refractivity contribution is -0.123. The van der Waals surface area contributed by atoms with Crippen LogP contribution in [0.2, 0.25) is 5.02 Å². The van der Waals surface area contributed by atoms with Gasteiger partial charge in [0, 0.05) is 34.2 Å². The fraction of sp³-hybridized carbons (Fsp3) is 0.391. The van der Waals surface area contributed by atoms with Gasteiger partial charge in [-0.3, -0.25) is 14.7 Å². The zero-order valence-electron chi connectivity index (χ0n) is 18.1. The van der Waals surface area contributed by atoms with Crippen LogP contribution in [-0.2, 0) is 4.79 Å². The van der Waals surface area contributed by atoms with Crippen molar-refractivity contribution in [3.8, 4) is 5.69 Å². The van der Waals surface area contributed by atoms with E-state index in [4.69, 9.17) is 11.6 Å². The Morgan fingerprint density at radius 1 is 1.10 bits per heavy atom. The summed E-state index contributed by atoms with van der Waals surface area (Å²) in [5, 5.41) is 1.49. The number of hydrogen-bond donors (Lipinski definition) is 0. The van der Waals surface area contributed by atoms with E-state index >= 15 is 0 Å². The summed E-state index contributed by atoms with van der Waals surface area (Å²) in [6.45, 7) is 14.3. The van der Waals surface area contributed by atoms with Crippen molar-refractivity contribution in [1.29, 1.82) is 0 Å². The minimum atomic E-state index is 0.0214. The van der Waals surface area contributed by atoms with E-state index < -0.39 is 0 Å². The number of aliphatic imine (C=N–C) groups is 1. The Bertz CT molecular complexity index is 1020. The van der Waals surface area contributed by atoms with Crippen LogP contribution in [0.25, 0.3) is 11.8 Å². The number of carbonyl (C=O) groups excluding carboxylic acids is 1. The van der Waals surface area contributed by atoms with Gasteiger partial charge in [0.05, 0.1) is 4.91 Å². The van der Waals surface area contributed by atoms with Crippen LogP contribution in [0, 0.1) is 20.8 Å². The molecule has 1 saturated heterocycles. The molecular weight excluding hydrogens is 402 g/mol. The number of thioether (sulfide) groups is 1. The molecule has 3 rings (SSSR count). The summed E-state index contributed by atoms with van der Waals surface area (Å²) >= 11 is 7.71. The molecule has 0 radical (unpaired) electrons. The fourth-order valence-corrected chi connectivity index (χ4v) is 4.91. The molecular formula is C23H28ClN3OS.